The third kappa shape index (κ3) is 7.19. The van der Waals surface area contributed by atoms with Crippen molar-refractivity contribution in [2.75, 3.05) is 11.1 Å². The van der Waals surface area contributed by atoms with Crippen LogP contribution in [0.3, 0.4) is 0 Å². The molecule has 0 saturated carbocycles. The fourth-order valence-corrected chi connectivity index (χ4v) is 6.26. The van der Waals surface area contributed by atoms with Gasteiger partial charge < -0.3 is 10.6 Å². The number of carbonyl (C=O) groups excluding carboxylic acids is 3. The van der Waals surface area contributed by atoms with E-state index in [0.29, 0.717) is 22.9 Å². The highest BCUT2D eigenvalue weighted by Crippen LogP contribution is 2.37. The van der Waals surface area contributed by atoms with Crippen molar-refractivity contribution in [3.63, 3.8) is 0 Å². The number of nitrogens with one attached hydrogen (secondary N) is 2. The van der Waals surface area contributed by atoms with Gasteiger partial charge in [0.2, 0.25) is 0 Å². The number of fused-ring (bicyclic) bond motifs is 3. The molecular formula is C40H34N2O3S. The number of carbonyl (C=O) groups is 3. The molecule has 2 N–H and O–H groups in total. The molecule has 0 radical (unpaired) electrons. The van der Waals surface area contributed by atoms with Crippen molar-refractivity contribution in [1.29, 1.82) is 0 Å². The quantitative estimate of drug-likeness (QED) is 0.0910. The number of hydrogen-bond acceptors (Lipinski definition) is 4. The number of benzene rings is 5. The van der Waals surface area contributed by atoms with Gasteiger partial charge in [-0.25, -0.2) is 0 Å². The fraction of sp³-hybridized carbons (Fsp3) is 0.125. The lowest BCUT2D eigenvalue weighted by Gasteiger charge is -2.12. The normalized spacial score (nSPS) is 11.9. The van der Waals surface area contributed by atoms with E-state index >= 15 is 0 Å². The molecular weight excluding hydrogens is 589 g/mol. The maximum absolute atomic E-state index is 13.4. The van der Waals surface area contributed by atoms with Crippen molar-refractivity contribution in [3.8, 4) is 11.1 Å². The highest BCUT2D eigenvalue weighted by atomic mass is 32.2. The van der Waals surface area contributed by atoms with Crippen LogP contribution in [-0.2, 0) is 11.2 Å². The first-order valence-corrected chi connectivity index (χ1v) is 16.3. The van der Waals surface area contributed by atoms with Crippen LogP contribution >= 0.6 is 11.8 Å². The summed E-state index contributed by atoms with van der Waals surface area (Å²) in [6.45, 7) is 4.25. The second kappa shape index (κ2) is 13.8. The van der Waals surface area contributed by atoms with Crippen molar-refractivity contribution in [2.24, 2.45) is 0 Å². The summed E-state index contributed by atoms with van der Waals surface area (Å²) in [5.74, 6) is -0.0377. The van der Waals surface area contributed by atoms with Gasteiger partial charge in [0.25, 0.3) is 11.8 Å². The summed E-state index contributed by atoms with van der Waals surface area (Å²) in [5.41, 5.74) is 8.82. The monoisotopic (exact) mass is 622 g/mol. The number of anilines is 1. The summed E-state index contributed by atoms with van der Waals surface area (Å²) in [4.78, 5) is 40.4. The van der Waals surface area contributed by atoms with E-state index in [-0.39, 0.29) is 17.4 Å². The Balaban J connectivity index is 1.10. The Labute approximate surface area is 273 Å². The van der Waals surface area contributed by atoms with Crippen LogP contribution in [0.25, 0.3) is 17.2 Å². The van der Waals surface area contributed by atoms with Gasteiger partial charge >= 0.3 is 0 Å². The van der Waals surface area contributed by atoms with E-state index in [4.69, 9.17) is 0 Å². The minimum atomic E-state index is -0.438. The van der Waals surface area contributed by atoms with Gasteiger partial charge in [-0.05, 0) is 94.3 Å². The maximum Gasteiger partial charge on any atom is 0.272 e. The number of ketones is 1. The number of rotatable bonds is 10. The van der Waals surface area contributed by atoms with Crippen LogP contribution in [-0.4, -0.2) is 23.4 Å². The average molecular weight is 623 g/mol. The van der Waals surface area contributed by atoms with Gasteiger partial charge in [0.1, 0.15) is 5.70 Å². The van der Waals surface area contributed by atoms with Crippen LogP contribution in [0.5, 0.6) is 0 Å². The van der Waals surface area contributed by atoms with Gasteiger partial charge in [0.15, 0.2) is 5.78 Å². The number of Topliss-reactive ketones (excluding diaryl/α,β-unsaturated/α-hetero) is 1. The zero-order chi connectivity index (χ0) is 32.0. The molecule has 5 aromatic carbocycles. The topological polar surface area (TPSA) is 75.3 Å². The smallest absolute Gasteiger partial charge is 0.272 e. The van der Waals surface area contributed by atoms with E-state index < -0.39 is 5.91 Å². The summed E-state index contributed by atoms with van der Waals surface area (Å²) in [6.07, 6.45) is 2.53. The molecule has 0 spiro atoms. The predicted molar refractivity (Wildman–Crippen MR) is 187 cm³/mol. The first-order chi connectivity index (χ1) is 22.3. The third-order valence-electron chi connectivity index (χ3n) is 8.04. The van der Waals surface area contributed by atoms with Gasteiger partial charge in [-0.1, -0.05) is 92.7 Å². The van der Waals surface area contributed by atoms with Gasteiger partial charge in [-0.2, -0.15) is 0 Å². The van der Waals surface area contributed by atoms with Crippen LogP contribution in [0.1, 0.15) is 62.7 Å². The van der Waals surface area contributed by atoms with E-state index in [1.54, 1.807) is 42.5 Å². The Bertz CT molecular complexity index is 1930. The molecule has 0 fully saturated rings. The fourth-order valence-electron chi connectivity index (χ4n) is 5.47. The third-order valence-corrected chi connectivity index (χ3v) is 9.05. The minimum Gasteiger partial charge on any atom is -0.321 e. The summed E-state index contributed by atoms with van der Waals surface area (Å²) in [5, 5.41) is 5.69. The molecule has 0 heterocycles. The Morgan fingerprint density at radius 1 is 0.739 bits per heavy atom. The van der Waals surface area contributed by atoms with Crippen molar-refractivity contribution in [2.45, 2.75) is 31.1 Å². The Morgan fingerprint density at radius 2 is 1.43 bits per heavy atom. The molecule has 6 heteroatoms. The number of amides is 2. The van der Waals surface area contributed by atoms with E-state index in [1.165, 1.54) is 39.6 Å². The second-order valence-corrected chi connectivity index (χ2v) is 12.6. The largest absolute Gasteiger partial charge is 0.321 e. The Morgan fingerprint density at radius 3 is 2.17 bits per heavy atom. The molecule has 46 heavy (non-hydrogen) atoms. The molecule has 0 bridgehead atoms. The van der Waals surface area contributed by atoms with Crippen LogP contribution in [0.2, 0.25) is 0 Å². The summed E-state index contributed by atoms with van der Waals surface area (Å²) in [6, 6.07) is 38.4. The molecule has 228 valence electrons. The zero-order valence-electron chi connectivity index (χ0n) is 25.7. The Hall–Kier alpha value is -5.20. The predicted octanol–water partition coefficient (Wildman–Crippen LogP) is 8.77. The molecule has 5 aromatic rings. The van der Waals surface area contributed by atoms with Crippen molar-refractivity contribution < 1.29 is 14.4 Å². The molecule has 0 saturated heterocycles. The van der Waals surface area contributed by atoms with Crippen LogP contribution in [0.15, 0.2) is 132 Å². The van der Waals surface area contributed by atoms with Crippen molar-refractivity contribution in [1.82, 2.24) is 5.32 Å². The van der Waals surface area contributed by atoms with Crippen molar-refractivity contribution >= 4 is 41.1 Å². The lowest BCUT2D eigenvalue weighted by atomic mass is 10.0. The number of thioether (sulfide) groups is 1. The zero-order valence-corrected chi connectivity index (χ0v) is 26.6. The maximum atomic E-state index is 13.4. The Kier molecular flexibility index (Phi) is 9.27. The molecule has 0 atom stereocenters. The van der Waals surface area contributed by atoms with Crippen LogP contribution < -0.4 is 10.6 Å². The molecule has 2 amide bonds. The highest BCUT2D eigenvalue weighted by molar-refractivity contribution is 8.00. The average Bonchev–Trinajstić information content (AvgIpc) is 3.46. The van der Waals surface area contributed by atoms with Gasteiger partial charge in [-0.15, -0.1) is 11.8 Å². The first-order valence-electron chi connectivity index (χ1n) is 15.3. The lowest BCUT2D eigenvalue weighted by molar-refractivity contribution is -0.113. The SMILES string of the molecule is CC(C)c1ccc(/C=C(\NC(=O)c2ccccc2)C(=O)Nc2ccc(SCC(=O)c3ccc4c(c3)Cc3ccccc3-4)cc2)cc1. The summed E-state index contributed by atoms with van der Waals surface area (Å²) in [7, 11) is 0. The van der Waals surface area contributed by atoms with E-state index in [2.05, 4.69) is 48.7 Å². The van der Waals surface area contributed by atoms with Gasteiger partial charge in [-0.3, -0.25) is 14.4 Å². The standard InChI is InChI=1S/C40H34N2O3S/c1-26(2)28-14-12-27(13-15-28)22-37(42-39(44)29-8-4-3-5-9-29)40(45)41-33-17-19-34(20-18-33)46-25-38(43)31-16-21-36-32(24-31)23-30-10-6-7-11-35(30)36/h3-22,24,26H,23,25H2,1-2H3,(H,41,45)(H,42,44)/b37-22-. The van der Waals surface area contributed by atoms with Gasteiger partial charge in [0.05, 0.1) is 5.75 Å². The summed E-state index contributed by atoms with van der Waals surface area (Å²) >= 11 is 1.46. The lowest BCUT2D eigenvalue weighted by Crippen LogP contribution is -2.30. The highest BCUT2D eigenvalue weighted by Gasteiger charge is 2.20. The molecule has 0 aromatic heterocycles. The van der Waals surface area contributed by atoms with E-state index in [0.717, 1.165) is 22.4 Å². The van der Waals surface area contributed by atoms with Gasteiger partial charge in [0, 0.05) is 21.7 Å². The molecule has 0 aliphatic heterocycles. The minimum absolute atomic E-state index is 0.0755. The van der Waals surface area contributed by atoms with E-state index in [1.807, 2.05) is 60.7 Å². The molecule has 0 unspecified atom stereocenters. The van der Waals surface area contributed by atoms with E-state index in [9.17, 15) is 14.4 Å². The van der Waals surface area contributed by atoms with Crippen LogP contribution in [0, 0.1) is 0 Å². The van der Waals surface area contributed by atoms with Crippen molar-refractivity contribution in [3.05, 3.63) is 160 Å². The van der Waals surface area contributed by atoms with Crippen LogP contribution in [0.4, 0.5) is 5.69 Å². The molecule has 5 nitrogen and oxygen atoms in total. The molecule has 1 aliphatic carbocycles. The number of hydrogen-bond donors (Lipinski definition) is 2. The molecule has 1 aliphatic rings. The first kappa shape index (κ1) is 30.8. The summed E-state index contributed by atoms with van der Waals surface area (Å²) < 4.78 is 0. The second-order valence-electron chi connectivity index (χ2n) is 11.6. The molecule has 6 rings (SSSR count).